The zero-order valence-electron chi connectivity index (χ0n) is 13.9. The maximum atomic E-state index is 9.96. The summed E-state index contributed by atoms with van der Waals surface area (Å²) in [5.74, 6) is 1.73. The van der Waals surface area contributed by atoms with Gasteiger partial charge in [0.05, 0.1) is 0 Å². The second-order valence-electron chi connectivity index (χ2n) is 5.04. The molecule has 2 N–H and O–H groups in total. The zero-order chi connectivity index (χ0) is 18.6. The lowest BCUT2D eigenvalue weighted by Gasteiger charge is -1.97. The molecule has 26 heavy (non-hydrogen) atoms. The third-order valence-corrected chi connectivity index (χ3v) is 3.12. The van der Waals surface area contributed by atoms with Crippen molar-refractivity contribution in [2.75, 3.05) is 0 Å². The Bertz CT molecular complexity index is 806. The number of aldehydes is 1. The summed E-state index contributed by atoms with van der Waals surface area (Å²) >= 11 is 0. The molecule has 0 bridgehead atoms. The third kappa shape index (κ3) is 6.39. The smallest absolute Gasteiger partial charge is 0.185 e. The van der Waals surface area contributed by atoms with Crippen LogP contribution in [0.25, 0.3) is 0 Å². The van der Waals surface area contributed by atoms with Crippen LogP contribution in [-0.4, -0.2) is 22.7 Å². The van der Waals surface area contributed by atoms with Crippen LogP contribution in [0.4, 0.5) is 0 Å². The molecule has 0 aliphatic heterocycles. The Labute approximate surface area is 150 Å². The van der Waals surface area contributed by atoms with Crippen molar-refractivity contribution in [2.24, 2.45) is 5.16 Å². The molecular weight excluding hydrogens is 338 g/mol. The fraction of sp³-hybridized carbons (Fsp3) is 0.158. The van der Waals surface area contributed by atoms with E-state index < -0.39 is 0 Å². The number of nitrogens with zero attached hydrogens (tertiary/aromatic N) is 1. The highest BCUT2D eigenvalue weighted by molar-refractivity contribution is 5.75. The van der Waals surface area contributed by atoms with Gasteiger partial charge in [0, 0.05) is 0 Å². The Balaban J connectivity index is 0.000000228. The molecule has 0 amide bonds. The minimum Gasteiger partial charge on any atom is -0.458 e. The largest absolute Gasteiger partial charge is 0.458 e. The van der Waals surface area contributed by atoms with Crippen molar-refractivity contribution in [3.8, 4) is 0 Å². The molecule has 2 heterocycles. The fourth-order valence-corrected chi connectivity index (χ4v) is 1.87. The van der Waals surface area contributed by atoms with Gasteiger partial charge in [-0.3, -0.25) is 4.79 Å². The van der Waals surface area contributed by atoms with Gasteiger partial charge in [-0.2, -0.15) is 0 Å². The molecule has 0 spiro atoms. The minimum atomic E-state index is -0.159. The molecule has 7 nitrogen and oxygen atoms in total. The van der Waals surface area contributed by atoms with E-state index in [1.165, 1.54) is 12.3 Å². The quantitative estimate of drug-likeness (QED) is 0.383. The van der Waals surface area contributed by atoms with E-state index in [2.05, 4.69) is 5.16 Å². The maximum absolute atomic E-state index is 9.96. The highest BCUT2D eigenvalue weighted by Crippen LogP contribution is 2.06. The summed E-state index contributed by atoms with van der Waals surface area (Å²) in [5.41, 5.74) is 1.06. The summed E-state index contributed by atoms with van der Waals surface area (Å²) in [6.45, 7) is 0.150. The summed E-state index contributed by atoms with van der Waals surface area (Å²) in [5, 5.41) is 21.0. The molecule has 2 aromatic heterocycles. The Kier molecular flexibility index (Phi) is 7.85. The van der Waals surface area contributed by atoms with Crippen LogP contribution in [0.5, 0.6) is 0 Å². The van der Waals surface area contributed by atoms with Gasteiger partial charge in [-0.15, -0.1) is 0 Å². The number of furan rings is 2. The number of aliphatic hydroxyl groups excluding tert-OH is 2. The molecule has 0 saturated carbocycles. The first kappa shape index (κ1) is 19.2. The molecule has 0 saturated heterocycles. The van der Waals surface area contributed by atoms with Crippen molar-refractivity contribution in [3.63, 3.8) is 0 Å². The van der Waals surface area contributed by atoms with Crippen LogP contribution in [0.15, 0.2) is 68.6 Å². The molecule has 0 aliphatic rings. The first-order valence-corrected chi connectivity index (χ1v) is 7.78. The number of oxime groups is 1. The Morgan fingerprint density at radius 2 is 1.50 bits per heavy atom. The zero-order valence-corrected chi connectivity index (χ0v) is 13.9. The summed E-state index contributed by atoms with van der Waals surface area (Å²) < 4.78 is 9.97. The molecule has 0 radical (unpaired) electrons. The highest BCUT2D eigenvalue weighted by Gasteiger charge is 1.97. The third-order valence-electron chi connectivity index (χ3n) is 3.12. The van der Waals surface area contributed by atoms with Crippen molar-refractivity contribution in [3.05, 3.63) is 83.2 Å². The lowest BCUT2D eigenvalue weighted by Crippen LogP contribution is -1.86. The lowest BCUT2D eigenvalue weighted by atomic mass is 10.2. The van der Waals surface area contributed by atoms with Gasteiger partial charge in [-0.1, -0.05) is 35.5 Å². The second-order valence-corrected chi connectivity index (χ2v) is 5.04. The van der Waals surface area contributed by atoms with Gasteiger partial charge >= 0.3 is 0 Å². The number of rotatable bonds is 7. The highest BCUT2D eigenvalue weighted by atomic mass is 16.6. The number of carbonyl (C=O) groups excluding carboxylic acids is 1. The van der Waals surface area contributed by atoms with Gasteiger partial charge in [0.2, 0.25) is 0 Å². The number of benzene rings is 1. The van der Waals surface area contributed by atoms with E-state index in [4.69, 9.17) is 23.9 Å². The van der Waals surface area contributed by atoms with Gasteiger partial charge in [-0.25, -0.2) is 0 Å². The molecule has 0 fully saturated rings. The monoisotopic (exact) mass is 357 g/mol. The van der Waals surface area contributed by atoms with E-state index in [0.29, 0.717) is 30.2 Å². The maximum Gasteiger partial charge on any atom is 0.185 e. The van der Waals surface area contributed by atoms with E-state index in [1.54, 1.807) is 18.2 Å². The van der Waals surface area contributed by atoms with Crippen LogP contribution in [0.3, 0.4) is 0 Å². The summed E-state index contributed by atoms with van der Waals surface area (Å²) in [4.78, 5) is 15.1. The predicted molar refractivity (Wildman–Crippen MR) is 93.5 cm³/mol. The normalized spacial score (nSPS) is 10.4. The summed E-state index contributed by atoms with van der Waals surface area (Å²) in [6, 6.07) is 16.3. The van der Waals surface area contributed by atoms with Crippen molar-refractivity contribution >= 4 is 12.5 Å². The molecule has 7 heteroatoms. The Morgan fingerprint density at radius 3 is 2.04 bits per heavy atom. The number of carbonyl (C=O) groups is 1. The molecular formula is C19H19NO6. The van der Waals surface area contributed by atoms with Crippen LogP contribution in [0.1, 0.15) is 33.4 Å². The van der Waals surface area contributed by atoms with Crippen molar-refractivity contribution in [2.45, 2.75) is 19.8 Å². The molecule has 1 aromatic carbocycles. The molecule has 3 aromatic rings. The van der Waals surface area contributed by atoms with Gasteiger partial charge in [0.25, 0.3) is 0 Å². The minimum absolute atomic E-state index is 0.112. The van der Waals surface area contributed by atoms with E-state index in [-0.39, 0.29) is 19.0 Å². The average molecular weight is 357 g/mol. The average Bonchev–Trinajstić information content (AvgIpc) is 3.35. The van der Waals surface area contributed by atoms with E-state index in [0.717, 1.165) is 5.56 Å². The molecule has 0 unspecified atom stereocenters. The number of aliphatic hydroxyl groups is 2. The van der Waals surface area contributed by atoms with E-state index in [9.17, 15) is 4.79 Å². The van der Waals surface area contributed by atoms with Crippen LogP contribution in [-0.2, 0) is 24.7 Å². The standard InChI is InChI=1S/C13H13NO3.C6H6O3/c15-9-13-7-6-12(17-13)8-14-16-10-11-4-2-1-3-5-11;7-3-5-1-2-6(4-8)9-5/h1-8,15H,9-10H2;1-3,8H,4H2/b14-8+;. The van der Waals surface area contributed by atoms with Gasteiger partial charge < -0.3 is 23.9 Å². The molecule has 136 valence electrons. The van der Waals surface area contributed by atoms with Crippen molar-refractivity contribution in [1.82, 2.24) is 0 Å². The number of hydrogen-bond donors (Lipinski definition) is 2. The summed E-state index contributed by atoms with van der Waals surface area (Å²) in [6.07, 6.45) is 2.07. The molecule has 0 atom stereocenters. The lowest BCUT2D eigenvalue weighted by molar-refractivity contribution is 0.109. The first-order chi connectivity index (χ1) is 12.7. The van der Waals surface area contributed by atoms with Crippen molar-refractivity contribution < 1.29 is 28.7 Å². The first-order valence-electron chi connectivity index (χ1n) is 7.78. The Hall–Kier alpha value is -3.16. The molecule has 0 aliphatic carbocycles. The summed E-state index contributed by atoms with van der Waals surface area (Å²) in [7, 11) is 0. The van der Waals surface area contributed by atoms with Crippen LogP contribution >= 0.6 is 0 Å². The topological polar surface area (TPSA) is 105 Å². The van der Waals surface area contributed by atoms with E-state index >= 15 is 0 Å². The predicted octanol–water partition coefficient (Wildman–Crippen LogP) is 2.91. The fourth-order valence-electron chi connectivity index (χ4n) is 1.87. The van der Waals surface area contributed by atoms with Crippen molar-refractivity contribution in [1.29, 1.82) is 0 Å². The van der Waals surface area contributed by atoms with Gasteiger partial charge in [0.1, 0.15) is 43.3 Å². The van der Waals surface area contributed by atoms with Gasteiger partial charge in [0.15, 0.2) is 12.0 Å². The van der Waals surface area contributed by atoms with E-state index in [1.807, 2.05) is 30.3 Å². The van der Waals surface area contributed by atoms with Crippen LogP contribution < -0.4 is 0 Å². The van der Waals surface area contributed by atoms with Crippen LogP contribution in [0, 0.1) is 0 Å². The van der Waals surface area contributed by atoms with Crippen LogP contribution in [0.2, 0.25) is 0 Å². The molecule has 3 rings (SSSR count). The van der Waals surface area contributed by atoms with Gasteiger partial charge in [-0.05, 0) is 29.8 Å². The SMILES string of the molecule is O=Cc1ccc(CO)o1.OCc1ccc(/C=N/OCc2ccccc2)o1. The second kappa shape index (κ2) is 10.7. The number of hydrogen-bond acceptors (Lipinski definition) is 7. The Morgan fingerprint density at radius 1 is 0.885 bits per heavy atom.